The fraction of sp³-hybridized carbons (Fsp3) is 0.300. The maximum absolute atomic E-state index is 10.8. The van der Waals surface area contributed by atoms with E-state index >= 15 is 0 Å². The molecule has 0 fully saturated rings. The Morgan fingerprint density at radius 3 is 2.73 bits per heavy atom. The van der Waals surface area contributed by atoms with Crippen molar-refractivity contribution in [3.05, 3.63) is 23.3 Å². The maximum atomic E-state index is 10.8. The smallest absolute Gasteiger partial charge is 0.161 e. The van der Waals surface area contributed by atoms with Crippen LogP contribution in [0.5, 0.6) is 11.5 Å². The second-order valence-corrected chi connectivity index (χ2v) is 2.87. The number of aromatic hydroxyl groups is 1. The van der Waals surface area contributed by atoms with Gasteiger partial charge in [0.15, 0.2) is 17.8 Å². The van der Waals surface area contributed by atoms with E-state index in [9.17, 15) is 9.90 Å². The normalized spacial score (nSPS) is 10.0. The largest absolute Gasteiger partial charge is 0.504 e. The summed E-state index contributed by atoms with van der Waals surface area (Å²) in [5.41, 5.74) is 3.69. The number of hydrogen-bond donors (Lipinski definition) is 2. The molecule has 0 spiro atoms. The molecule has 0 aliphatic rings. The first-order chi connectivity index (χ1) is 7.22. The van der Waals surface area contributed by atoms with E-state index in [4.69, 9.17) is 4.74 Å². The van der Waals surface area contributed by atoms with E-state index in [1.807, 2.05) is 0 Å². The first kappa shape index (κ1) is 11.5. The lowest BCUT2D eigenvalue weighted by Crippen LogP contribution is -2.12. The van der Waals surface area contributed by atoms with Crippen molar-refractivity contribution in [3.8, 4) is 11.5 Å². The summed E-state index contributed by atoms with van der Waals surface area (Å²) < 4.78 is 4.89. The van der Waals surface area contributed by atoms with Crippen LogP contribution in [0.1, 0.15) is 15.9 Å². The molecule has 0 aliphatic heterocycles. The molecule has 2 N–H and O–H groups in total. The van der Waals surface area contributed by atoms with E-state index in [0.29, 0.717) is 24.0 Å². The van der Waals surface area contributed by atoms with Gasteiger partial charge in [0.05, 0.1) is 14.2 Å². The number of phenolic OH excluding ortho intramolecular Hbond substituents is 1. The first-order valence-corrected chi connectivity index (χ1v) is 4.33. The lowest BCUT2D eigenvalue weighted by atomic mass is 10.1. The van der Waals surface area contributed by atoms with Crippen LogP contribution in [0.25, 0.3) is 0 Å². The molecule has 0 saturated heterocycles. The number of nitrogens with one attached hydrogen (secondary N) is 1. The van der Waals surface area contributed by atoms with Gasteiger partial charge >= 0.3 is 0 Å². The van der Waals surface area contributed by atoms with Gasteiger partial charge in [-0.1, -0.05) is 0 Å². The predicted molar refractivity (Wildman–Crippen MR) is 53.9 cm³/mol. The Hall–Kier alpha value is -1.59. The number of carbonyl (C=O) groups is 1. The number of aldehydes is 1. The van der Waals surface area contributed by atoms with Crippen LogP contribution in [0, 0.1) is 0 Å². The van der Waals surface area contributed by atoms with Gasteiger partial charge in [0.1, 0.15) is 0 Å². The molecule has 5 heteroatoms. The van der Waals surface area contributed by atoms with E-state index in [-0.39, 0.29) is 11.5 Å². The Kier molecular flexibility index (Phi) is 4.08. The summed E-state index contributed by atoms with van der Waals surface area (Å²) >= 11 is 0. The van der Waals surface area contributed by atoms with E-state index in [1.54, 1.807) is 0 Å². The van der Waals surface area contributed by atoms with Crippen LogP contribution in [-0.4, -0.2) is 25.6 Å². The third-order valence-corrected chi connectivity index (χ3v) is 1.97. The van der Waals surface area contributed by atoms with Crippen molar-refractivity contribution in [2.75, 3.05) is 14.2 Å². The predicted octanol–water partition coefficient (Wildman–Crippen LogP) is 0.864. The first-order valence-electron chi connectivity index (χ1n) is 4.33. The Labute approximate surface area is 87.6 Å². The topological polar surface area (TPSA) is 67.8 Å². The highest BCUT2D eigenvalue weighted by molar-refractivity contribution is 5.79. The molecular weight excluding hydrogens is 198 g/mol. The van der Waals surface area contributed by atoms with Gasteiger partial charge in [0.25, 0.3) is 0 Å². The number of hydrogen-bond acceptors (Lipinski definition) is 5. The molecule has 0 amide bonds. The Morgan fingerprint density at radius 2 is 2.20 bits per heavy atom. The number of carbonyl (C=O) groups excluding carboxylic acids is 1. The lowest BCUT2D eigenvalue weighted by Gasteiger charge is -2.09. The van der Waals surface area contributed by atoms with Gasteiger partial charge in [-0.05, 0) is 17.7 Å². The van der Waals surface area contributed by atoms with Gasteiger partial charge in [-0.15, -0.1) is 0 Å². The van der Waals surface area contributed by atoms with Gasteiger partial charge < -0.3 is 14.7 Å². The number of ether oxygens (including phenoxy) is 1. The molecule has 0 radical (unpaired) electrons. The van der Waals surface area contributed by atoms with Gasteiger partial charge in [-0.2, -0.15) is 5.48 Å². The number of methoxy groups -OCH3 is 1. The van der Waals surface area contributed by atoms with Crippen molar-refractivity contribution in [1.82, 2.24) is 5.48 Å². The molecule has 1 aromatic carbocycles. The fourth-order valence-corrected chi connectivity index (χ4v) is 1.20. The van der Waals surface area contributed by atoms with E-state index in [2.05, 4.69) is 10.3 Å². The Balaban J connectivity index is 3.03. The van der Waals surface area contributed by atoms with Crippen molar-refractivity contribution < 1.29 is 19.5 Å². The molecule has 0 aliphatic carbocycles. The van der Waals surface area contributed by atoms with Crippen molar-refractivity contribution in [2.24, 2.45) is 0 Å². The quantitative estimate of drug-likeness (QED) is 0.558. The van der Waals surface area contributed by atoms with Crippen LogP contribution >= 0.6 is 0 Å². The number of benzene rings is 1. The summed E-state index contributed by atoms with van der Waals surface area (Å²) in [4.78, 5) is 15.4. The van der Waals surface area contributed by atoms with Gasteiger partial charge in [-0.3, -0.25) is 4.79 Å². The van der Waals surface area contributed by atoms with Crippen LogP contribution in [0.3, 0.4) is 0 Å². The minimum absolute atomic E-state index is 0.00370. The van der Waals surface area contributed by atoms with Gasteiger partial charge in [0, 0.05) is 12.1 Å². The molecule has 1 rings (SSSR count). The zero-order chi connectivity index (χ0) is 11.3. The van der Waals surface area contributed by atoms with Crippen LogP contribution in [0.15, 0.2) is 12.1 Å². The highest BCUT2D eigenvalue weighted by Crippen LogP contribution is 2.28. The van der Waals surface area contributed by atoms with Crippen LogP contribution in [-0.2, 0) is 11.4 Å². The number of rotatable bonds is 5. The molecule has 0 unspecified atom stereocenters. The lowest BCUT2D eigenvalue weighted by molar-refractivity contribution is 0.0863. The molecule has 0 bridgehead atoms. The monoisotopic (exact) mass is 211 g/mol. The molecule has 15 heavy (non-hydrogen) atoms. The zero-order valence-electron chi connectivity index (χ0n) is 8.61. The summed E-state index contributed by atoms with van der Waals surface area (Å²) in [6, 6.07) is 2.95. The molecular formula is C10H13NO4. The SMILES string of the molecule is CONCc1cc(O)c(OC)cc1C=O. The van der Waals surface area contributed by atoms with Gasteiger partial charge in [0.2, 0.25) is 0 Å². The van der Waals surface area contributed by atoms with E-state index in [0.717, 1.165) is 0 Å². The molecule has 0 atom stereocenters. The van der Waals surface area contributed by atoms with Crippen molar-refractivity contribution in [1.29, 1.82) is 0 Å². The minimum atomic E-state index is -0.00370. The van der Waals surface area contributed by atoms with Gasteiger partial charge in [-0.25, -0.2) is 0 Å². The Morgan fingerprint density at radius 1 is 1.47 bits per heavy atom. The molecule has 1 aromatic rings. The highest BCUT2D eigenvalue weighted by Gasteiger charge is 2.08. The summed E-state index contributed by atoms with van der Waals surface area (Å²) in [7, 11) is 2.90. The minimum Gasteiger partial charge on any atom is -0.504 e. The number of hydroxylamine groups is 1. The average Bonchev–Trinajstić information content (AvgIpc) is 2.26. The molecule has 0 saturated carbocycles. The molecule has 5 nitrogen and oxygen atoms in total. The standard InChI is InChI=1S/C10H13NO4/c1-14-10-4-8(6-12)7(3-9(10)13)5-11-15-2/h3-4,6,11,13H,5H2,1-2H3. The Bertz CT molecular complexity index is 352. The summed E-state index contributed by atoms with van der Waals surface area (Å²) in [6.07, 6.45) is 0.703. The molecule has 0 heterocycles. The molecule has 0 aromatic heterocycles. The van der Waals surface area contributed by atoms with E-state index in [1.165, 1.54) is 26.4 Å². The summed E-state index contributed by atoms with van der Waals surface area (Å²) in [5.74, 6) is 0.272. The van der Waals surface area contributed by atoms with E-state index < -0.39 is 0 Å². The number of phenols is 1. The second-order valence-electron chi connectivity index (χ2n) is 2.87. The van der Waals surface area contributed by atoms with Crippen molar-refractivity contribution in [2.45, 2.75) is 6.54 Å². The zero-order valence-corrected chi connectivity index (χ0v) is 8.61. The second kappa shape index (κ2) is 5.33. The fourth-order valence-electron chi connectivity index (χ4n) is 1.20. The highest BCUT2D eigenvalue weighted by atomic mass is 16.6. The molecule has 82 valence electrons. The summed E-state index contributed by atoms with van der Waals surface area (Å²) in [6.45, 7) is 0.335. The third-order valence-electron chi connectivity index (χ3n) is 1.97. The average molecular weight is 211 g/mol. The van der Waals surface area contributed by atoms with Crippen LogP contribution in [0.2, 0.25) is 0 Å². The summed E-state index contributed by atoms with van der Waals surface area (Å²) in [5, 5.41) is 9.50. The van der Waals surface area contributed by atoms with Crippen molar-refractivity contribution in [3.63, 3.8) is 0 Å². The third kappa shape index (κ3) is 2.68. The van der Waals surface area contributed by atoms with Crippen LogP contribution in [0.4, 0.5) is 0 Å². The van der Waals surface area contributed by atoms with Crippen LogP contribution < -0.4 is 10.2 Å². The maximum Gasteiger partial charge on any atom is 0.161 e. The van der Waals surface area contributed by atoms with Crippen molar-refractivity contribution >= 4 is 6.29 Å².